The van der Waals surface area contributed by atoms with Crippen LogP contribution in [-0.4, -0.2) is 79.3 Å². The minimum atomic E-state index is -3.05. The maximum Gasteiger partial charge on any atom is 0.270 e. The van der Waals surface area contributed by atoms with Gasteiger partial charge in [0.2, 0.25) is 6.41 Å². The lowest BCUT2D eigenvalue weighted by Gasteiger charge is -2.33. The van der Waals surface area contributed by atoms with Gasteiger partial charge in [0.15, 0.2) is 9.84 Å². The molecule has 2 aliphatic heterocycles. The highest BCUT2D eigenvalue weighted by Crippen LogP contribution is 2.16. The average molecular weight is 367 g/mol. The molecule has 0 bridgehead atoms. The van der Waals surface area contributed by atoms with Crippen LogP contribution in [0, 0.1) is 6.92 Å². The molecule has 2 amide bonds. The second-order valence-corrected chi connectivity index (χ2v) is 8.59. The lowest BCUT2D eigenvalue weighted by Crippen LogP contribution is -2.46. The van der Waals surface area contributed by atoms with E-state index in [1.165, 1.54) is 0 Å². The molecule has 2 fully saturated rings. The molecule has 1 aromatic heterocycles. The minimum Gasteiger partial charge on any atom is -0.353 e. The van der Waals surface area contributed by atoms with Crippen LogP contribution in [0.1, 0.15) is 22.7 Å². The van der Waals surface area contributed by atoms with E-state index in [4.69, 9.17) is 0 Å². The Morgan fingerprint density at radius 3 is 2.60 bits per heavy atom. The predicted molar refractivity (Wildman–Crippen MR) is 91.1 cm³/mol. The highest BCUT2D eigenvalue weighted by molar-refractivity contribution is 7.91. The van der Waals surface area contributed by atoms with Crippen molar-refractivity contribution in [1.29, 1.82) is 0 Å². The van der Waals surface area contributed by atoms with Crippen LogP contribution in [-0.2, 0) is 14.6 Å². The summed E-state index contributed by atoms with van der Waals surface area (Å²) >= 11 is 0. The molecule has 1 unspecified atom stereocenters. The van der Waals surface area contributed by atoms with Crippen molar-refractivity contribution >= 4 is 28.0 Å². The number of nitrogens with one attached hydrogen (secondary N) is 1. The van der Waals surface area contributed by atoms with E-state index in [1.54, 1.807) is 17.9 Å². The van der Waals surface area contributed by atoms with Crippen molar-refractivity contribution in [2.75, 3.05) is 42.6 Å². The summed E-state index contributed by atoms with van der Waals surface area (Å²) < 4.78 is 23.0. The fraction of sp³-hybridized carbons (Fsp3) is 0.600. The van der Waals surface area contributed by atoms with Gasteiger partial charge >= 0.3 is 0 Å². The van der Waals surface area contributed by atoms with E-state index in [0.29, 0.717) is 44.2 Å². The first-order valence-electron chi connectivity index (χ1n) is 8.17. The number of hydrogen-bond acceptors (Lipinski definition) is 7. The number of carbonyl (C=O) groups is 2. The van der Waals surface area contributed by atoms with E-state index >= 15 is 0 Å². The van der Waals surface area contributed by atoms with Gasteiger partial charge in [0.1, 0.15) is 17.3 Å². The Balaban J connectivity index is 1.71. The number of amides is 2. The molecule has 3 heterocycles. The molecule has 1 aromatic rings. The molecule has 10 heteroatoms. The molecule has 0 aromatic carbocycles. The van der Waals surface area contributed by atoms with Gasteiger partial charge in [0.05, 0.1) is 11.5 Å². The van der Waals surface area contributed by atoms with Crippen LogP contribution in [0.4, 0.5) is 5.82 Å². The molecule has 2 aliphatic rings. The normalized spacial score (nSPS) is 22.7. The topological polar surface area (TPSA) is 113 Å². The number of nitrogens with zero attached hydrogens (tertiary/aromatic N) is 4. The summed E-state index contributed by atoms with van der Waals surface area (Å²) in [5.41, 5.74) is 0.226. The van der Waals surface area contributed by atoms with Crippen molar-refractivity contribution in [3.63, 3.8) is 0 Å². The smallest absolute Gasteiger partial charge is 0.270 e. The number of carbonyl (C=O) groups excluding carboxylic acids is 2. The first-order chi connectivity index (χ1) is 11.9. The van der Waals surface area contributed by atoms with Gasteiger partial charge in [-0.25, -0.2) is 18.4 Å². The van der Waals surface area contributed by atoms with Gasteiger partial charge in [-0.1, -0.05) is 0 Å². The van der Waals surface area contributed by atoms with Crippen LogP contribution in [0.3, 0.4) is 0 Å². The summed E-state index contributed by atoms with van der Waals surface area (Å²) in [6, 6.07) is 1.25. The predicted octanol–water partition coefficient (Wildman–Crippen LogP) is -1.02. The summed E-state index contributed by atoms with van der Waals surface area (Å²) in [6.45, 7) is 4.19. The first-order valence-corrected chi connectivity index (χ1v) is 10.00. The van der Waals surface area contributed by atoms with Gasteiger partial charge < -0.3 is 15.1 Å². The quantitative estimate of drug-likeness (QED) is 0.678. The molecule has 3 rings (SSSR count). The molecule has 9 nitrogen and oxygen atoms in total. The fourth-order valence-electron chi connectivity index (χ4n) is 3.05. The van der Waals surface area contributed by atoms with Crippen LogP contribution < -0.4 is 10.2 Å². The summed E-state index contributed by atoms with van der Waals surface area (Å²) in [7, 11) is -3.05. The summed E-state index contributed by atoms with van der Waals surface area (Å²) in [5.74, 6) is 0.804. The summed E-state index contributed by atoms with van der Waals surface area (Å²) in [6.07, 6.45) is 1.26. The molecular weight excluding hydrogens is 346 g/mol. The first kappa shape index (κ1) is 17.6. The molecule has 2 saturated heterocycles. The minimum absolute atomic E-state index is 0.0245. The number of aromatic nitrogens is 2. The Labute approximate surface area is 146 Å². The van der Waals surface area contributed by atoms with Crippen LogP contribution >= 0.6 is 0 Å². The van der Waals surface area contributed by atoms with E-state index in [9.17, 15) is 18.0 Å². The molecule has 1 N–H and O–H groups in total. The maximum absolute atomic E-state index is 12.4. The second-order valence-electron chi connectivity index (χ2n) is 6.36. The van der Waals surface area contributed by atoms with E-state index in [0.717, 1.165) is 6.41 Å². The number of sulfone groups is 1. The van der Waals surface area contributed by atoms with E-state index < -0.39 is 9.84 Å². The van der Waals surface area contributed by atoms with Gasteiger partial charge in [0.25, 0.3) is 5.91 Å². The summed E-state index contributed by atoms with van der Waals surface area (Å²) in [5, 5.41) is 2.74. The third kappa shape index (κ3) is 4.25. The molecule has 1 atom stereocenters. The van der Waals surface area contributed by atoms with Crippen molar-refractivity contribution in [3.8, 4) is 0 Å². The lowest BCUT2D eigenvalue weighted by atomic mass is 10.2. The van der Waals surface area contributed by atoms with Gasteiger partial charge in [-0.3, -0.25) is 9.59 Å². The number of rotatable bonds is 4. The third-order valence-electron chi connectivity index (χ3n) is 4.41. The monoisotopic (exact) mass is 367 g/mol. The van der Waals surface area contributed by atoms with Gasteiger partial charge in [-0.2, -0.15) is 0 Å². The standard InChI is InChI=1S/C15H21N5O4S/c1-11-16-13(15(22)18-12-2-7-25(23,24)9-12)8-14(17-11)20-5-3-19(10-21)4-6-20/h8,10,12H,2-7,9H2,1H3,(H,18,22). The lowest BCUT2D eigenvalue weighted by molar-refractivity contribution is -0.118. The Bertz CT molecular complexity index is 774. The van der Waals surface area contributed by atoms with E-state index in [-0.39, 0.29) is 29.1 Å². The largest absolute Gasteiger partial charge is 0.353 e. The number of hydrogen-bond donors (Lipinski definition) is 1. The zero-order valence-corrected chi connectivity index (χ0v) is 14.8. The zero-order chi connectivity index (χ0) is 18.0. The Hall–Kier alpha value is -2.23. The van der Waals surface area contributed by atoms with Gasteiger partial charge in [0, 0.05) is 38.3 Å². The Morgan fingerprint density at radius 2 is 2.00 bits per heavy atom. The van der Waals surface area contributed by atoms with Gasteiger partial charge in [-0.15, -0.1) is 0 Å². The number of anilines is 1. The highest BCUT2D eigenvalue weighted by atomic mass is 32.2. The molecule has 0 radical (unpaired) electrons. The number of aryl methyl sites for hydroxylation is 1. The Morgan fingerprint density at radius 1 is 1.28 bits per heavy atom. The molecule has 0 aliphatic carbocycles. The summed E-state index contributed by atoms with van der Waals surface area (Å²) in [4.78, 5) is 35.5. The zero-order valence-electron chi connectivity index (χ0n) is 14.0. The van der Waals surface area contributed by atoms with Crippen molar-refractivity contribution in [1.82, 2.24) is 20.2 Å². The second kappa shape index (κ2) is 6.95. The van der Waals surface area contributed by atoms with Crippen LogP contribution in [0.25, 0.3) is 0 Å². The van der Waals surface area contributed by atoms with E-state index in [1.807, 2.05) is 4.90 Å². The molecule has 0 saturated carbocycles. The van der Waals surface area contributed by atoms with Crippen LogP contribution in [0.5, 0.6) is 0 Å². The van der Waals surface area contributed by atoms with Crippen molar-refractivity contribution in [2.45, 2.75) is 19.4 Å². The number of piperazine rings is 1. The van der Waals surface area contributed by atoms with Crippen LogP contribution in [0.2, 0.25) is 0 Å². The molecule has 136 valence electrons. The van der Waals surface area contributed by atoms with Crippen molar-refractivity contribution < 1.29 is 18.0 Å². The molecule has 0 spiro atoms. The average Bonchev–Trinajstić information content (AvgIpc) is 2.93. The highest BCUT2D eigenvalue weighted by Gasteiger charge is 2.29. The maximum atomic E-state index is 12.4. The third-order valence-corrected chi connectivity index (χ3v) is 6.18. The van der Waals surface area contributed by atoms with Crippen LogP contribution in [0.15, 0.2) is 6.07 Å². The fourth-order valence-corrected chi connectivity index (χ4v) is 4.73. The SMILES string of the molecule is Cc1nc(C(=O)NC2CCS(=O)(=O)C2)cc(N2CCN(C=O)CC2)n1. The van der Waals surface area contributed by atoms with Crippen molar-refractivity contribution in [2.24, 2.45) is 0 Å². The van der Waals surface area contributed by atoms with E-state index in [2.05, 4.69) is 15.3 Å². The van der Waals surface area contributed by atoms with Gasteiger partial charge in [-0.05, 0) is 13.3 Å². The molecule has 25 heavy (non-hydrogen) atoms. The van der Waals surface area contributed by atoms with Crippen molar-refractivity contribution in [3.05, 3.63) is 17.6 Å². The molecular formula is C15H21N5O4S. The Kier molecular flexibility index (Phi) is 4.89.